The van der Waals surface area contributed by atoms with Crippen molar-refractivity contribution in [2.24, 2.45) is 0 Å². The summed E-state index contributed by atoms with van der Waals surface area (Å²) in [6.07, 6.45) is 3.04. The molecule has 0 saturated carbocycles. The van der Waals surface area contributed by atoms with Crippen LogP contribution in [-0.2, 0) is 6.42 Å². The standard InChI is InChI=1S/C12H15N5O2/c1-9-4-2-5-10(17(18)19)12(9)13-7-3-6-11-14-8-15-16-11/h2,4-5,8,13H,3,6-7H2,1H3,(H,14,15,16). The number of H-pyrrole nitrogens is 1. The molecule has 0 aliphatic carbocycles. The Morgan fingerprint density at radius 1 is 1.47 bits per heavy atom. The second-order valence-electron chi connectivity index (χ2n) is 4.19. The number of nitrogens with one attached hydrogen (secondary N) is 2. The Balaban J connectivity index is 1.93. The van der Waals surface area contributed by atoms with Crippen molar-refractivity contribution in [2.45, 2.75) is 19.8 Å². The van der Waals surface area contributed by atoms with E-state index in [1.165, 1.54) is 12.4 Å². The Morgan fingerprint density at radius 3 is 3.00 bits per heavy atom. The highest BCUT2D eigenvalue weighted by atomic mass is 16.6. The molecule has 1 aromatic carbocycles. The van der Waals surface area contributed by atoms with Crippen LogP contribution in [0, 0.1) is 17.0 Å². The molecule has 2 N–H and O–H groups in total. The summed E-state index contributed by atoms with van der Waals surface area (Å²) < 4.78 is 0. The van der Waals surface area contributed by atoms with Gasteiger partial charge in [-0.15, -0.1) is 0 Å². The Bertz CT molecular complexity index is 553. The summed E-state index contributed by atoms with van der Waals surface area (Å²) in [6.45, 7) is 2.50. The van der Waals surface area contributed by atoms with Crippen LogP contribution in [0.5, 0.6) is 0 Å². The average molecular weight is 261 g/mol. The summed E-state index contributed by atoms with van der Waals surface area (Å²) in [5.74, 6) is 0.820. The third-order valence-electron chi connectivity index (χ3n) is 2.80. The van der Waals surface area contributed by atoms with Gasteiger partial charge in [-0.25, -0.2) is 4.98 Å². The van der Waals surface area contributed by atoms with E-state index in [4.69, 9.17) is 0 Å². The van der Waals surface area contributed by atoms with Crippen molar-refractivity contribution in [3.63, 3.8) is 0 Å². The smallest absolute Gasteiger partial charge is 0.292 e. The first-order valence-electron chi connectivity index (χ1n) is 6.00. The number of rotatable bonds is 6. The maximum Gasteiger partial charge on any atom is 0.292 e. The first-order valence-corrected chi connectivity index (χ1v) is 6.00. The molecule has 0 saturated heterocycles. The molecular weight excluding hydrogens is 246 g/mol. The maximum absolute atomic E-state index is 10.9. The largest absolute Gasteiger partial charge is 0.379 e. The lowest BCUT2D eigenvalue weighted by atomic mass is 10.1. The van der Waals surface area contributed by atoms with Crippen LogP contribution in [0.2, 0.25) is 0 Å². The highest BCUT2D eigenvalue weighted by molar-refractivity contribution is 5.65. The summed E-state index contributed by atoms with van der Waals surface area (Å²) >= 11 is 0. The van der Waals surface area contributed by atoms with Gasteiger partial charge in [0.2, 0.25) is 0 Å². The summed E-state index contributed by atoms with van der Waals surface area (Å²) in [4.78, 5) is 14.6. The van der Waals surface area contributed by atoms with Crippen LogP contribution in [0.25, 0.3) is 0 Å². The molecule has 0 aliphatic rings. The van der Waals surface area contributed by atoms with Gasteiger partial charge in [0.1, 0.15) is 17.8 Å². The molecule has 0 aliphatic heterocycles. The van der Waals surface area contributed by atoms with Crippen LogP contribution in [0.4, 0.5) is 11.4 Å². The molecule has 19 heavy (non-hydrogen) atoms. The van der Waals surface area contributed by atoms with Crippen LogP contribution < -0.4 is 5.32 Å². The normalized spacial score (nSPS) is 10.4. The lowest BCUT2D eigenvalue weighted by Gasteiger charge is -2.09. The fourth-order valence-electron chi connectivity index (χ4n) is 1.85. The van der Waals surface area contributed by atoms with Crippen LogP contribution in [0.3, 0.4) is 0 Å². The first kappa shape index (κ1) is 13.0. The van der Waals surface area contributed by atoms with Crippen LogP contribution in [-0.4, -0.2) is 26.6 Å². The van der Waals surface area contributed by atoms with E-state index in [2.05, 4.69) is 20.5 Å². The number of para-hydroxylation sites is 1. The molecule has 0 amide bonds. The van der Waals surface area contributed by atoms with Gasteiger partial charge in [0.05, 0.1) is 4.92 Å². The third kappa shape index (κ3) is 3.27. The highest BCUT2D eigenvalue weighted by Crippen LogP contribution is 2.27. The Labute approximate surface area is 110 Å². The lowest BCUT2D eigenvalue weighted by Crippen LogP contribution is -2.07. The van der Waals surface area contributed by atoms with Crippen molar-refractivity contribution >= 4 is 11.4 Å². The maximum atomic E-state index is 10.9. The number of anilines is 1. The Kier molecular flexibility index (Phi) is 4.07. The number of nitro groups is 1. The van der Waals surface area contributed by atoms with Gasteiger partial charge in [0.25, 0.3) is 5.69 Å². The second-order valence-corrected chi connectivity index (χ2v) is 4.19. The van der Waals surface area contributed by atoms with Crippen molar-refractivity contribution in [2.75, 3.05) is 11.9 Å². The predicted octanol–water partition coefficient (Wildman–Crippen LogP) is 2.07. The molecule has 0 fully saturated rings. The van der Waals surface area contributed by atoms with Gasteiger partial charge in [0.15, 0.2) is 0 Å². The van der Waals surface area contributed by atoms with E-state index < -0.39 is 0 Å². The number of benzene rings is 1. The summed E-state index contributed by atoms with van der Waals surface area (Å²) in [5, 5.41) is 20.6. The van der Waals surface area contributed by atoms with E-state index in [1.54, 1.807) is 6.07 Å². The molecule has 0 spiro atoms. The number of hydrogen-bond donors (Lipinski definition) is 2. The summed E-state index contributed by atoms with van der Waals surface area (Å²) in [5.41, 5.74) is 1.57. The second kappa shape index (κ2) is 5.94. The molecule has 0 radical (unpaired) electrons. The van der Waals surface area contributed by atoms with E-state index in [0.717, 1.165) is 24.2 Å². The molecule has 7 heteroatoms. The molecule has 2 rings (SSSR count). The minimum atomic E-state index is -0.369. The minimum absolute atomic E-state index is 0.111. The molecule has 0 atom stereocenters. The first-order chi connectivity index (χ1) is 9.18. The molecule has 0 unspecified atom stereocenters. The van der Waals surface area contributed by atoms with E-state index in [0.29, 0.717) is 12.2 Å². The molecule has 0 bridgehead atoms. The van der Waals surface area contributed by atoms with Crippen molar-refractivity contribution in [1.82, 2.24) is 15.2 Å². The van der Waals surface area contributed by atoms with Crippen molar-refractivity contribution in [3.05, 3.63) is 46.0 Å². The highest BCUT2D eigenvalue weighted by Gasteiger charge is 2.14. The fraction of sp³-hybridized carbons (Fsp3) is 0.333. The SMILES string of the molecule is Cc1cccc([N+](=O)[O-])c1NCCCc1ncn[nH]1. The number of nitrogens with zero attached hydrogens (tertiary/aromatic N) is 3. The van der Waals surface area contributed by atoms with E-state index in [-0.39, 0.29) is 10.6 Å². The van der Waals surface area contributed by atoms with E-state index >= 15 is 0 Å². The molecular formula is C12H15N5O2. The monoisotopic (exact) mass is 261 g/mol. The zero-order chi connectivity index (χ0) is 13.7. The Morgan fingerprint density at radius 2 is 2.32 bits per heavy atom. The van der Waals surface area contributed by atoms with Crippen LogP contribution >= 0.6 is 0 Å². The number of nitro benzene ring substituents is 1. The van der Waals surface area contributed by atoms with E-state index in [1.807, 2.05) is 13.0 Å². The topological polar surface area (TPSA) is 96.7 Å². The fourth-order valence-corrected chi connectivity index (χ4v) is 1.85. The zero-order valence-electron chi connectivity index (χ0n) is 10.6. The molecule has 2 aromatic rings. The number of aromatic nitrogens is 3. The van der Waals surface area contributed by atoms with E-state index in [9.17, 15) is 10.1 Å². The molecule has 100 valence electrons. The average Bonchev–Trinajstić information content (AvgIpc) is 2.88. The molecule has 1 heterocycles. The van der Waals surface area contributed by atoms with Gasteiger partial charge in [0, 0.05) is 19.0 Å². The number of hydrogen-bond acceptors (Lipinski definition) is 5. The van der Waals surface area contributed by atoms with Gasteiger partial charge in [-0.3, -0.25) is 15.2 Å². The van der Waals surface area contributed by atoms with Gasteiger partial charge in [-0.1, -0.05) is 12.1 Å². The van der Waals surface area contributed by atoms with Crippen molar-refractivity contribution in [1.29, 1.82) is 0 Å². The predicted molar refractivity (Wildman–Crippen MR) is 71.0 cm³/mol. The quantitative estimate of drug-likeness (QED) is 0.471. The molecule has 7 nitrogen and oxygen atoms in total. The minimum Gasteiger partial charge on any atom is -0.379 e. The zero-order valence-corrected chi connectivity index (χ0v) is 10.6. The number of aryl methyl sites for hydroxylation is 2. The summed E-state index contributed by atoms with van der Waals surface area (Å²) in [7, 11) is 0. The van der Waals surface area contributed by atoms with Gasteiger partial charge < -0.3 is 5.32 Å². The van der Waals surface area contributed by atoms with Crippen molar-refractivity contribution in [3.8, 4) is 0 Å². The lowest BCUT2D eigenvalue weighted by molar-refractivity contribution is -0.384. The van der Waals surface area contributed by atoms with Gasteiger partial charge in [-0.05, 0) is 18.9 Å². The summed E-state index contributed by atoms with van der Waals surface area (Å²) in [6, 6.07) is 5.05. The van der Waals surface area contributed by atoms with Gasteiger partial charge >= 0.3 is 0 Å². The van der Waals surface area contributed by atoms with Crippen LogP contribution in [0.1, 0.15) is 17.8 Å². The number of aromatic amines is 1. The third-order valence-corrected chi connectivity index (χ3v) is 2.80. The molecule has 1 aromatic heterocycles. The van der Waals surface area contributed by atoms with Crippen LogP contribution in [0.15, 0.2) is 24.5 Å². The van der Waals surface area contributed by atoms with Crippen molar-refractivity contribution < 1.29 is 4.92 Å². The van der Waals surface area contributed by atoms with Gasteiger partial charge in [-0.2, -0.15) is 5.10 Å². The Hall–Kier alpha value is -2.44.